The lowest BCUT2D eigenvalue weighted by molar-refractivity contribution is -0.0359. The van der Waals surface area contributed by atoms with Crippen LogP contribution < -0.4 is 0 Å². The Kier molecular flexibility index (Phi) is 3.12. The van der Waals surface area contributed by atoms with Crippen LogP contribution in [0.4, 0.5) is 0 Å². The van der Waals surface area contributed by atoms with Crippen LogP contribution in [0.5, 0.6) is 0 Å². The average Bonchev–Trinajstić information content (AvgIpc) is 2.70. The number of rotatable bonds is 2. The Morgan fingerprint density at radius 3 is 2.44 bits per heavy atom. The van der Waals surface area contributed by atoms with Crippen molar-refractivity contribution < 1.29 is 5.11 Å². The summed E-state index contributed by atoms with van der Waals surface area (Å²) in [5.74, 6) is 0. The first-order valence-corrected chi connectivity index (χ1v) is 6.84. The second-order valence-corrected chi connectivity index (χ2v) is 6.24. The van der Waals surface area contributed by atoms with Crippen LogP contribution in [0.1, 0.15) is 32.3 Å². The number of aliphatic hydroxyl groups is 1. The quantitative estimate of drug-likeness (QED) is 0.857. The Morgan fingerprint density at radius 1 is 1.38 bits per heavy atom. The maximum atomic E-state index is 10.5. The molecule has 0 amide bonds. The van der Waals surface area contributed by atoms with E-state index >= 15 is 0 Å². The minimum Gasteiger partial charge on any atom is -0.390 e. The molecule has 1 aromatic rings. The highest BCUT2D eigenvalue weighted by Gasteiger charge is 2.46. The van der Waals surface area contributed by atoms with Gasteiger partial charge in [0.2, 0.25) is 0 Å². The summed E-state index contributed by atoms with van der Waals surface area (Å²) in [6.45, 7) is 6.05. The molecule has 0 saturated carbocycles. The van der Waals surface area contributed by atoms with Crippen molar-refractivity contribution in [2.24, 2.45) is 0 Å². The van der Waals surface area contributed by atoms with Crippen molar-refractivity contribution in [2.45, 2.75) is 37.7 Å². The maximum Gasteiger partial charge on any atom is 0.0689 e. The molecule has 0 aliphatic carbocycles. The number of thiophene rings is 1. The van der Waals surface area contributed by atoms with Gasteiger partial charge in [-0.1, -0.05) is 0 Å². The van der Waals surface area contributed by atoms with Crippen LogP contribution in [0.2, 0.25) is 0 Å². The van der Waals surface area contributed by atoms with E-state index in [1.807, 2.05) is 13.8 Å². The fourth-order valence-electron chi connectivity index (χ4n) is 2.79. The molecular weight excluding hydrogens is 218 g/mol. The number of likely N-dealkylation sites (tertiary alicyclic amines) is 1. The summed E-state index contributed by atoms with van der Waals surface area (Å²) in [7, 11) is 2.15. The van der Waals surface area contributed by atoms with Gasteiger partial charge in [-0.05, 0) is 69.2 Å². The molecule has 16 heavy (non-hydrogen) atoms. The van der Waals surface area contributed by atoms with Crippen molar-refractivity contribution in [1.29, 1.82) is 0 Å². The van der Waals surface area contributed by atoms with Crippen molar-refractivity contribution >= 4 is 11.3 Å². The van der Waals surface area contributed by atoms with E-state index in [2.05, 4.69) is 28.8 Å². The molecule has 2 rings (SSSR count). The van der Waals surface area contributed by atoms with Crippen LogP contribution >= 0.6 is 11.3 Å². The van der Waals surface area contributed by atoms with Gasteiger partial charge in [-0.25, -0.2) is 0 Å². The molecule has 0 aromatic carbocycles. The third-order valence-corrected chi connectivity index (χ3v) is 4.77. The van der Waals surface area contributed by atoms with E-state index in [9.17, 15) is 5.11 Å². The number of hydrogen-bond acceptors (Lipinski definition) is 3. The Hall–Kier alpha value is -0.380. The van der Waals surface area contributed by atoms with E-state index in [0.717, 1.165) is 25.9 Å². The lowest BCUT2D eigenvalue weighted by atomic mass is 9.64. The second-order valence-electron chi connectivity index (χ2n) is 5.46. The molecule has 0 spiro atoms. The van der Waals surface area contributed by atoms with E-state index in [1.165, 1.54) is 5.56 Å². The van der Waals surface area contributed by atoms with Crippen molar-refractivity contribution in [2.75, 3.05) is 20.1 Å². The van der Waals surface area contributed by atoms with Crippen LogP contribution in [0, 0.1) is 0 Å². The molecule has 2 nitrogen and oxygen atoms in total. The molecule has 1 aromatic heterocycles. The van der Waals surface area contributed by atoms with Gasteiger partial charge >= 0.3 is 0 Å². The molecule has 1 saturated heterocycles. The predicted octanol–water partition coefficient (Wildman–Crippen LogP) is 2.48. The lowest BCUT2D eigenvalue weighted by Gasteiger charge is -2.48. The molecule has 0 unspecified atom stereocenters. The highest BCUT2D eigenvalue weighted by molar-refractivity contribution is 7.08. The third-order valence-electron chi connectivity index (χ3n) is 4.09. The van der Waals surface area contributed by atoms with Gasteiger partial charge in [0.05, 0.1) is 5.60 Å². The molecule has 0 atom stereocenters. The Balaban J connectivity index is 2.35. The van der Waals surface area contributed by atoms with Crippen LogP contribution in [0.3, 0.4) is 0 Å². The highest BCUT2D eigenvalue weighted by Crippen LogP contribution is 2.44. The summed E-state index contributed by atoms with van der Waals surface area (Å²) in [4.78, 5) is 2.34. The standard InChI is InChI=1S/C13H21NOS/c1-12(2,15)13(11-4-9-16-10-11)5-7-14(3)8-6-13/h4,9-10,15H,5-8H2,1-3H3. The molecule has 2 heterocycles. The van der Waals surface area contributed by atoms with Crippen LogP contribution in [0.25, 0.3) is 0 Å². The van der Waals surface area contributed by atoms with E-state index in [0.29, 0.717) is 0 Å². The zero-order valence-electron chi connectivity index (χ0n) is 10.4. The normalized spacial score (nSPS) is 22.2. The predicted molar refractivity (Wildman–Crippen MR) is 69.0 cm³/mol. The van der Waals surface area contributed by atoms with Gasteiger partial charge in [-0.2, -0.15) is 11.3 Å². The maximum absolute atomic E-state index is 10.5. The monoisotopic (exact) mass is 239 g/mol. The van der Waals surface area contributed by atoms with Gasteiger partial charge in [0, 0.05) is 5.41 Å². The van der Waals surface area contributed by atoms with Gasteiger partial charge in [0.15, 0.2) is 0 Å². The van der Waals surface area contributed by atoms with Crippen molar-refractivity contribution in [3.63, 3.8) is 0 Å². The van der Waals surface area contributed by atoms with Gasteiger partial charge in [0.25, 0.3) is 0 Å². The summed E-state index contributed by atoms with van der Waals surface area (Å²) in [6, 6.07) is 2.17. The molecule has 1 aliphatic heterocycles. The van der Waals surface area contributed by atoms with Gasteiger partial charge in [0.1, 0.15) is 0 Å². The molecular formula is C13H21NOS. The fourth-order valence-corrected chi connectivity index (χ4v) is 3.55. The Morgan fingerprint density at radius 2 is 2.00 bits per heavy atom. The minimum atomic E-state index is -0.644. The first-order chi connectivity index (χ1) is 7.46. The van der Waals surface area contributed by atoms with Crippen LogP contribution in [0.15, 0.2) is 16.8 Å². The van der Waals surface area contributed by atoms with Gasteiger partial charge in [-0.15, -0.1) is 0 Å². The highest BCUT2D eigenvalue weighted by atomic mass is 32.1. The topological polar surface area (TPSA) is 23.5 Å². The summed E-state index contributed by atoms with van der Waals surface area (Å²) < 4.78 is 0. The molecule has 1 fully saturated rings. The van der Waals surface area contributed by atoms with E-state index < -0.39 is 5.60 Å². The average molecular weight is 239 g/mol. The SMILES string of the molecule is CN1CCC(c2ccsc2)(C(C)(C)O)CC1. The summed E-state index contributed by atoms with van der Waals surface area (Å²) in [5, 5.41) is 14.8. The van der Waals surface area contributed by atoms with Crippen molar-refractivity contribution in [1.82, 2.24) is 4.90 Å². The smallest absolute Gasteiger partial charge is 0.0689 e. The first kappa shape index (κ1) is 12.1. The molecule has 3 heteroatoms. The fraction of sp³-hybridized carbons (Fsp3) is 0.692. The Bertz CT molecular complexity index is 331. The van der Waals surface area contributed by atoms with E-state index in [-0.39, 0.29) is 5.41 Å². The number of piperidine rings is 1. The zero-order chi connectivity index (χ0) is 11.8. The molecule has 0 bridgehead atoms. The van der Waals surface area contributed by atoms with Gasteiger partial charge < -0.3 is 10.0 Å². The molecule has 0 radical (unpaired) electrons. The first-order valence-electron chi connectivity index (χ1n) is 5.89. The minimum absolute atomic E-state index is 0.0560. The number of nitrogens with zero attached hydrogens (tertiary/aromatic N) is 1. The zero-order valence-corrected chi connectivity index (χ0v) is 11.2. The van der Waals surface area contributed by atoms with Crippen molar-refractivity contribution in [3.05, 3.63) is 22.4 Å². The Labute approximate surface area is 102 Å². The van der Waals surface area contributed by atoms with Crippen LogP contribution in [-0.2, 0) is 5.41 Å². The number of hydrogen-bond donors (Lipinski definition) is 1. The van der Waals surface area contributed by atoms with E-state index in [4.69, 9.17) is 0 Å². The van der Waals surface area contributed by atoms with E-state index in [1.54, 1.807) is 11.3 Å². The lowest BCUT2D eigenvalue weighted by Crippen LogP contribution is -2.53. The molecule has 1 N–H and O–H groups in total. The molecule has 90 valence electrons. The van der Waals surface area contributed by atoms with Crippen LogP contribution in [-0.4, -0.2) is 35.7 Å². The van der Waals surface area contributed by atoms with Crippen molar-refractivity contribution in [3.8, 4) is 0 Å². The second kappa shape index (κ2) is 4.13. The van der Waals surface area contributed by atoms with Gasteiger partial charge in [-0.3, -0.25) is 0 Å². The summed E-state index contributed by atoms with van der Waals surface area (Å²) in [5.41, 5.74) is 0.618. The summed E-state index contributed by atoms with van der Waals surface area (Å²) in [6.07, 6.45) is 2.09. The largest absolute Gasteiger partial charge is 0.390 e. The summed E-state index contributed by atoms with van der Waals surface area (Å²) >= 11 is 1.72. The third kappa shape index (κ3) is 1.92. The molecule has 1 aliphatic rings.